The molecule has 1 saturated carbocycles. The van der Waals surface area contributed by atoms with Crippen LogP contribution in [-0.4, -0.2) is 35.8 Å². The van der Waals surface area contributed by atoms with Crippen LogP contribution in [0.2, 0.25) is 0 Å². The van der Waals surface area contributed by atoms with Crippen molar-refractivity contribution in [1.82, 2.24) is 10.2 Å². The van der Waals surface area contributed by atoms with Gasteiger partial charge in [-0.2, -0.15) is 0 Å². The molecule has 0 aromatic heterocycles. The van der Waals surface area contributed by atoms with E-state index in [4.69, 9.17) is 0 Å². The summed E-state index contributed by atoms with van der Waals surface area (Å²) in [5.41, 5.74) is -0.323. The summed E-state index contributed by atoms with van der Waals surface area (Å²) in [4.78, 5) is 26.9. The maximum Gasteiger partial charge on any atom is 0.236 e. The molecule has 1 N–H and O–H groups in total. The van der Waals surface area contributed by atoms with Crippen molar-refractivity contribution in [3.05, 3.63) is 0 Å². The number of imide groups is 1. The van der Waals surface area contributed by atoms with Gasteiger partial charge < -0.3 is 5.32 Å². The summed E-state index contributed by atoms with van der Waals surface area (Å²) in [6.07, 6.45) is 7.90. The van der Waals surface area contributed by atoms with Crippen LogP contribution in [0.4, 0.5) is 0 Å². The van der Waals surface area contributed by atoms with Crippen LogP contribution < -0.4 is 5.32 Å². The van der Waals surface area contributed by atoms with Gasteiger partial charge in [-0.1, -0.05) is 19.3 Å². The van der Waals surface area contributed by atoms with Crippen molar-refractivity contribution in [2.24, 2.45) is 11.3 Å². The highest BCUT2D eigenvalue weighted by molar-refractivity contribution is 6.06. The van der Waals surface area contributed by atoms with E-state index in [1.54, 1.807) is 4.90 Å². The van der Waals surface area contributed by atoms with Gasteiger partial charge in [-0.15, -0.1) is 0 Å². The first-order chi connectivity index (χ1) is 9.64. The normalized spacial score (nSPS) is 29.1. The number of hydrogen-bond donors (Lipinski definition) is 1. The monoisotopic (exact) mass is 278 g/mol. The quantitative estimate of drug-likeness (QED) is 0.787. The van der Waals surface area contributed by atoms with Crippen LogP contribution in [0, 0.1) is 11.3 Å². The lowest BCUT2D eigenvalue weighted by atomic mass is 9.73. The van der Waals surface area contributed by atoms with Gasteiger partial charge in [0.25, 0.3) is 0 Å². The zero-order chi connectivity index (χ0) is 14.2. The Morgan fingerprint density at radius 3 is 2.45 bits per heavy atom. The molecule has 2 aliphatic heterocycles. The van der Waals surface area contributed by atoms with E-state index < -0.39 is 0 Å². The number of nitrogens with one attached hydrogen (secondary N) is 1. The summed E-state index contributed by atoms with van der Waals surface area (Å²) < 4.78 is 0. The fraction of sp³-hybridized carbons (Fsp3) is 0.875. The predicted molar refractivity (Wildman–Crippen MR) is 77.0 cm³/mol. The Hall–Kier alpha value is -0.900. The second-order valence-electron chi connectivity index (χ2n) is 6.91. The van der Waals surface area contributed by atoms with Crippen LogP contribution in [0.25, 0.3) is 0 Å². The molecule has 4 heteroatoms. The van der Waals surface area contributed by atoms with Crippen molar-refractivity contribution < 1.29 is 9.59 Å². The molecule has 20 heavy (non-hydrogen) atoms. The lowest BCUT2D eigenvalue weighted by Crippen LogP contribution is -2.47. The van der Waals surface area contributed by atoms with Gasteiger partial charge in [0, 0.05) is 12.5 Å². The van der Waals surface area contributed by atoms with E-state index in [0.29, 0.717) is 12.3 Å². The third-order valence-corrected chi connectivity index (χ3v) is 5.71. The third kappa shape index (κ3) is 2.28. The van der Waals surface area contributed by atoms with Crippen molar-refractivity contribution >= 4 is 11.8 Å². The molecule has 0 radical (unpaired) electrons. The Morgan fingerprint density at radius 2 is 1.80 bits per heavy atom. The Kier molecular flexibility index (Phi) is 3.85. The summed E-state index contributed by atoms with van der Waals surface area (Å²) in [6.45, 7) is 4.10. The minimum atomic E-state index is -0.323. The summed E-state index contributed by atoms with van der Waals surface area (Å²) in [5.74, 6) is 0.707. The zero-order valence-electron chi connectivity index (χ0n) is 12.5. The first-order valence-corrected chi connectivity index (χ1v) is 8.21. The van der Waals surface area contributed by atoms with Crippen LogP contribution in [-0.2, 0) is 9.59 Å². The van der Waals surface area contributed by atoms with Crippen LogP contribution in [0.15, 0.2) is 0 Å². The van der Waals surface area contributed by atoms with Gasteiger partial charge in [-0.25, -0.2) is 0 Å². The summed E-state index contributed by atoms with van der Waals surface area (Å²) in [7, 11) is 0. The second-order valence-corrected chi connectivity index (χ2v) is 6.91. The Balaban J connectivity index is 1.75. The first-order valence-electron chi connectivity index (χ1n) is 8.21. The van der Waals surface area contributed by atoms with Gasteiger partial charge in [0.1, 0.15) is 0 Å². The zero-order valence-corrected chi connectivity index (χ0v) is 12.5. The molecule has 1 unspecified atom stereocenters. The van der Waals surface area contributed by atoms with Gasteiger partial charge in [0.05, 0.1) is 5.41 Å². The molecule has 1 aliphatic carbocycles. The number of amides is 2. The van der Waals surface area contributed by atoms with Gasteiger partial charge >= 0.3 is 0 Å². The number of nitrogens with zero attached hydrogens (tertiary/aromatic N) is 1. The van der Waals surface area contributed by atoms with Crippen LogP contribution >= 0.6 is 0 Å². The molecule has 2 amide bonds. The average molecular weight is 278 g/mol. The summed E-state index contributed by atoms with van der Waals surface area (Å²) >= 11 is 0. The highest BCUT2D eigenvalue weighted by atomic mass is 16.2. The Bertz CT molecular complexity index is 395. The van der Waals surface area contributed by atoms with Gasteiger partial charge in [0.15, 0.2) is 0 Å². The lowest BCUT2D eigenvalue weighted by molar-refractivity contribution is -0.146. The number of piperidine rings is 1. The van der Waals surface area contributed by atoms with Gasteiger partial charge in [-0.3, -0.25) is 14.5 Å². The highest BCUT2D eigenvalue weighted by Crippen LogP contribution is 2.46. The van der Waals surface area contributed by atoms with Crippen LogP contribution in [0.3, 0.4) is 0 Å². The molecule has 4 nitrogen and oxygen atoms in total. The van der Waals surface area contributed by atoms with Crippen molar-refractivity contribution in [2.75, 3.05) is 13.1 Å². The molecule has 1 atom stereocenters. The van der Waals surface area contributed by atoms with E-state index in [0.717, 1.165) is 51.6 Å². The first kappa shape index (κ1) is 14.1. The minimum absolute atomic E-state index is 0.0819. The van der Waals surface area contributed by atoms with Crippen molar-refractivity contribution in [3.8, 4) is 0 Å². The largest absolute Gasteiger partial charge is 0.317 e. The van der Waals surface area contributed by atoms with Crippen molar-refractivity contribution in [1.29, 1.82) is 0 Å². The molecule has 0 aromatic carbocycles. The highest BCUT2D eigenvalue weighted by Gasteiger charge is 2.53. The Morgan fingerprint density at radius 1 is 1.15 bits per heavy atom. The predicted octanol–water partition coefficient (Wildman–Crippen LogP) is 2.08. The molecule has 1 spiro atoms. The summed E-state index contributed by atoms with van der Waals surface area (Å²) in [5, 5.41) is 3.35. The molecule has 3 aliphatic rings. The van der Waals surface area contributed by atoms with E-state index in [2.05, 4.69) is 12.2 Å². The van der Waals surface area contributed by atoms with E-state index >= 15 is 0 Å². The second kappa shape index (κ2) is 5.47. The maximum atomic E-state index is 12.9. The van der Waals surface area contributed by atoms with Crippen LogP contribution in [0.5, 0.6) is 0 Å². The number of carbonyl (C=O) groups is 2. The molecule has 112 valence electrons. The molecule has 0 aromatic rings. The minimum Gasteiger partial charge on any atom is -0.317 e. The standard InChI is InChI=1S/C16H26N2O2/c1-12(13-5-9-17-10-6-13)18-14(19)11-16(15(18)20)7-3-2-4-8-16/h12-13,17H,2-11H2,1H3. The number of carbonyl (C=O) groups excluding carboxylic acids is 2. The fourth-order valence-corrected chi connectivity index (χ4v) is 4.39. The molecule has 2 heterocycles. The van der Waals surface area contributed by atoms with E-state index in [1.165, 1.54) is 6.42 Å². The number of likely N-dealkylation sites (tertiary alicyclic amines) is 1. The SMILES string of the molecule is CC(C1CCNCC1)N1C(=O)CC2(CCCCC2)C1=O. The van der Waals surface area contributed by atoms with Crippen molar-refractivity contribution in [2.45, 2.75) is 64.3 Å². The molecular weight excluding hydrogens is 252 g/mol. The molecule has 2 saturated heterocycles. The molecule has 3 fully saturated rings. The fourth-order valence-electron chi connectivity index (χ4n) is 4.39. The molecule has 3 rings (SSSR count). The van der Waals surface area contributed by atoms with E-state index in [-0.39, 0.29) is 23.3 Å². The molecule has 0 bridgehead atoms. The van der Waals surface area contributed by atoms with Gasteiger partial charge in [-0.05, 0) is 51.6 Å². The lowest BCUT2D eigenvalue weighted by Gasteiger charge is -2.36. The number of hydrogen-bond acceptors (Lipinski definition) is 3. The van der Waals surface area contributed by atoms with E-state index in [9.17, 15) is 9.59 Å². The average Bonchev–Trinajstić information content (AvgIpc) is 2.71. The third-order valence-electron chi connectivity index (χ3n) is 5.71. The van der Waals surface area contributed by atoms with Gasteiger partial charge in [0.2, 0.25) is 11.8 Å². The Labute approximate surface area is 121 Å². The number of rotatable bonds is 2. The van der Waals surface area contributed by atoms with Crippen LogP contribution in [0.1, 0.15) is 58.3 Å². The topological polar surface area (TPSA) is 49.4 Å². The molecular formula is C16H26N2O2. The summed E-state index contributed by atoms with van der Waals surface area (Å²) in [6, 6.07) is 0.0819. The van der Waals surface area contributed by atoms with Crippen molar-refractivity contribution in [3.63, 3.8) is 0 Å². The maximum absolute atomic E-state index is 12.9. The van der Waals surface area contributed by atoms with E-state index in [1.807, 2.05) is 0 Å². The smallest absolute Gasteiger partial charge is 0.236 e.